The number of hydrogen-bond donors (Lipinski definition) is 1. The molecule has 0 unspecified atom stereocenters. The summed E-state index contributed by atoms with van der Waals surface area (Å²) in [6.07, 6.45) is 21.7. The first kappa shape index (κ1) is 44.3. The van der Waals surface area contributed by atoms with E-state index in [2.05, 4.69) is 6.92 Å². The molecule has 0 aliphatic rings. The zero-order valence-electron chi connectivity index (χ0n) is 30.2. The maximum Gasteiger partial charge on any atom is 1.00 e. The molecule has 0 heterocycles. The van der Waals surface area contributed by atoms with Gasteiger partial charge in [0.05, 0.1) is 19.8 Å². The van der Waals surface area contributed by atoms with E-state index in [-0.39, 0.29) is 46.3 Å². The summed E-state index contributed by atoms with van der Waals surface area (Å²) >= 11 is 0. The standard InChI is InChI=1S/C41H58O6.Na.H2O/c1-2-3-4-5-6-7-8-9-10-11-12-13-14-15-16-20-31-45-39-26-21-25-38(41(42)43)40(39)46-33-22-32-44-36-27-29-37(30-28-36)47-34-35-23-18-17-19-24-35;;/h17-19,21,23-30H,2-16,20,22,31-34H2,1H3,(H,42,43);;1H2/q;+1;/p-1. The van der Waals surface area contributed by atoms with Crippen molar-refractivity contribution < 1.29 is 63.9 Å². The monoisotopic (exact) mass is 686 g/mol. The number of carboxylic acid groups (broad SMARTS) is 1. The van der Waals surface area contributed by atoms with Crippen molar-refractivity contribution in [1.82, 2.24) is 0 Å². The van der Waals surface area contributed by atoms with Gasteiger partial charge in [-0.15, -0.1) is 0 Å². The Morgan fingerprint density at radius 2 is 1.02 bits per heavy atom. The number of hydrogen-bond acceptors (Lipinski definition) is 6. The van der Waals surface area contributed by atoms with Gasteiger partial charge in [-0.25, -0.2) is 4.79 Å². The zero-order valence-corrected chi connectivity index (χ0v) is 32.2. The van der Waals surface area contributed by atoms with Crippen LogP contribution in [0.2, 0.25) is 0 Å². The largest absolute Gasteiger partial charge is 1.00 e. The molecule has 0 saturated heterocycles. The van der Waals surface area contributed by atoms with Crippen molar-refractivity contribution in [2.45, 2.75) is 123 Å². The summed E-state index contributed by atoms with van der Waals surface area (Å²) in [5.41, 5.74) is 1.23. The van der Waals surface area contributed by atoms with Crippen LogP contribution in [0.1, 0.15) is 132 Å². The Morgan fingerprint density at radius 3 is 1.57 bits per heavy atom. The number of carbonyl (C=O) groups is 1. The maximum absolute atomic E-state index is 11.9. The predicted molar refractivity (Wildman–Crippen MR) is 193 cm³/mol. The van der Waals surface area contributed by atoms with Gasteiger partial charge < -0.3 is 29.5 Å². The summed E-state index contributed by atoms with van der Waals surface area (Å²) in [6, 6.07) is 22.6. The average Bonchev–Trinajstić information content (AvgIpc) is 3.09. The summed E-state index contributed by atoms with van der Waals surface area (Å²) in [4.78, 5) is 11.9. The molecule has 7 nitrogen and oxygen atoms in total. The summed E-state index contributed by atoms with van der Waals surface area (Å²) in [7, 11) is 0. The van der Waals surface area contributed by atoms with E-state index in [1.807, 2.05) is 54.6 Å². The normalized spacial score (nSPS) is 10.5. The van der Waals surface area contributed by atoms with Crippen LogP contribution < -0.4 is 48.5 Å². The minimum atomic E-state index is -1.03. The maximum atomic E-state index is 11.9. The minimum Gasteiger partial charge on any atom is -0.870 e. The average molecular weight is 687 g/mol. The van der Waals surface area contributed by atoms with Crippen molar-refractivity contribution in [3.63, 3.8) is 0 Å². The molecule has 0 spiro atoms. The van der Waals surface area contributed by atoms with Crippen LogP contribution >= 0.6 is 0 Å². The van der Waals surface area contributed by atoms with Gasteiger partial charge in [-0.05, 0) is 48.4 Å². The summed E-state index contributed by atoms with van der Waals surface area (Å²) < 4.78 is 23.6. The van der Waals surface area contributed by atoms with E-state index in [0.29, 0.717) is 38.6 Å². The van der Waals surface area contributed by atoms with E-state index in [4.69, 9.17) is 18.9 Å². The fourth-order valence-corrected chi connectivity index (χ4v) is 5.58. The van der Waals surface area contributed by atoms with E-state index in [1.54, 1.807) is 18.2 Å². The molecule has 0 saturated carbocycles. The molecule has 0 aromatic heterocycles. The third-order valence-corrected chi connectivity index (χ3v) is 8.34. The van der Waals surface area contributed by atoms with Gasteiger partial charge in [-0.1, -0.05) is 140 Å². The van der Waals surface area contributed by atoms with Crippen molar-refractivity contribution in [2.75, 3.05) is 19.8 Å². The molecule has 0 bridgehead atoms. The van der Waals surface area contributed by atoms with Crippen LogP contribution in [0.15, 0.2) is 72.8 Å². The van der Waals surface area contributed by atoms with Crippen molar-refractivity contribution in [3.8, 4) is 23.0 Å². The van der Waals surface area contributed by atoms with Crippen molar-refractivity contribution >= 4 is 5.97 Å². The smallest absolute Gasteiger partial charge is 0.870 e. The first-order chi connectivity index (χ1) is 23.2. The van der Waals surface area contributed by atoms with Crippen LogP contribution in [0, 0.1) is 0 Å². The Hall–Kier alpha value is -2.71. The van der Waals surface area contributed by atoms with Crippen LogP contribution in [0.5, 0.6) is 23.0 Å². The van der Waals surface area contributed by atoms with E-state index < -0.39 is 5.97 Å². The molecular weight excluding hydrogens is 627 g/mol. The van der Waals surface area contributed by atoms with Gasteiger partial charge in [0, 0.05) is 6.42 Å². The van der Waals surface area contributed by atoms with Gasteiger partial charge in [0.2, 0.25) is 0 Å². The molecule has 0 aliphatic carbocycles. The molecule has 49 heavy (non-hydrogen) atoms. The Balaban J connectivity index is 0.00000600. The predicted octanol–water partition coefficient (Wildman–Crippen LogP) is 8.28. The Bertz CT molecular complexity index is 1220. The van der Waals surface area contributed by atoms with Gasteiger partial charge in [0.1, 0.15) is 23.7 Å². The molecule has 0 amide bonds. The molecule has 3 aromatic rings. The molecular formula is C41H59NaO7. The fraction of sp³-hybridized carbons (Fsp3) is 0.537. The second kappa shape index (κ2) is 29.1. The van der Waals surface area contributed by atoms with Crippen LogP contribution in [0.25, 0.3) is 0 Å². The summed E-state index contributed by atoms with van der Waals surface area (Å²) in [5, 5.41) is 9.72. The van der Waals surface area contributed by atoms with Gasteiger partial charge in [-0.3, -0.25) is 0 Å². The van der Waals surface area contributed by atoms with Crippen molar-refractivity contribution in [3.05, 3.63) is 83.9 Å². The van der Waals surface area contributed by atoms with Crippen LogP contribution in [0.3, 0.4) is 0 Å². The van der Waals surface area contributed by atoms with Crippen LogP contribution in [-0.2, 0) is 6.61 Å². The van der Waals surface area contributed by atoms with E-state index in [1.165, 1.54) is 89.9 Å². The Morgan fingerprint density at radius 1 is 0.531 bits per heavy atom. The number of aromatic carboxylic acids is 1. The Labute approximate surface area is 317 Å². The third-order valence-electron chi connectivity index (χ3n) is 8.34. The molecule has 3 aromatic carbocycles. The van der Waals surface area contributed by atoms with Gasteiger partial charge in [0.15, 0.2) is 11.5 Å². The first-order valence-electron chi connectivity index (χ1n) is 18.2. The second-order valence-electron chi connectivity index (χ2n) is 12.4. The Kier molecular flexibility index (Phi) is 26.3. The molecule has 3 rings (SSSR count). The first-order valence-corrected chi connectivity index (χ1v) is 18.2. The molecule has 8 heteroatoms. The summed E-state index contributed by atoms with van der Waals surface area (Å²) in [6.45, 7) is 4.10. The quantitative estimate of drug-likeness (QED) is 0.0606. The van der Waals surface area contributed by atoms with E-state index in [9.17, 15) is 9.90 Å². The molecule has 266 valence electrons. The van der Waals surface area contributed by atoms with E-state index in [0.717, 1.165) is 29.9 Å². The van der Waals surface area contributed by atoms with E-state index >= 15 is 0 Å². The van der Waals surface area contributed by atoms with Gasteiger partial charge in [0.25, 0.3) is 0 Å². The number of ether oxygens (including phenoxy) is 4. The SMILES string of the molecule is CCCCCCCCCCCCCCCCCCOc1cccc(C(=O)O)c1OCCCOc1ccc(OCc2ccccc2)cc1.[Na+].[OH-]. The molecule has 0 fully saturated rings. The molecule has 0 aliphatic heterocycles. The van der Waals surface area contributed by atoms with Crippen molar-refractivity contribution in [2.24, 2.45) is 0 Å². The minimum absolute atomic E-state index is 0. The second-order valence-corrected chi connectivity index (χ2v) is 12.4. The zero-order chi connectivity index (χ0) is 33.2. The number of rotatable bonds is 28. The number of unbranched alkanes of at least 4 members (excludes halogenated alkanes) is 15. The third kappa shape index (κ3) is 19.9. The number of para-hydroxylation sites is 1. The van der Waals surface area contributed by atoms with Gasteiger partial charge >= 0.3 is 35.5 Å². The van der Waals surface area contributed by atoms with Gasteiger partial charge in [-0.2, -0.15) is 0 Å². The number of carboxylic acids is 1. The van der Waals surface area contributed by atoms with Crippen molar-refractivity contribution in [1.29, 1.82) is 0 Å². The summed E-state index contributed by atoms with van der Waals surface area (Å²) in [5.74, 6) is 1.26. The number of benzene rings is 3. The fourth-order valence-electron chi connectivity index (χ4n) is 5.58. The molecule has 0 radical (unpaired) electrons. The molecule has 0 atom stereocenters. The molecule has 2 N–H and O–H groups in total. The topological polar surface area (TPSA) is 104 Å². The van der Waals surface area contributed by atoms with Crippen LogP contribution in [0.4, 0.5) is 0 Å². The van der Waals surface area contributed by atoms with Crippen LogP contribution in [-0.4, -0.2) is 36.4 Å².